The van der Waals surface area contributed by atoms with E-state index in [1.54, 1.807) is 0 Å². The zero-order chi connectivity index (χ0) is 18.8. The minimum atomic E-state index is 0.447. The lowest BCUT2D eigenvalue weighted by molar-refractivity contribution is 0.291. The van der Waals surface area contributed by atoms with Gasteiger partial charge >= 0.3 is 0 Å². The molecule has 27 heavy (non-hydrogen) atoms. The Labute approximate surface area is 160 Å². The summed E-state index contributed by atoms with van der Waals surface area (Å²) in [6, 6.07) is 23.0. The average Bonchev–Trinajstić information content (AvgIpc) is 3.02. The predicted octanol–water partition coefficient (Wildman–Crippen LogP) is 5.59. The van der Waals surface area contributed by atoms with Crippen LogP contribution >= 0.6 is 0 Å². The van der Waals surface area contributed by atoms with E-state index in [0.29, 0.717) is 6.61 Å². The van der Waals surface area contributed by atoms with E-state index >= 15 is 0 Å². The standard InChI is InChI=1S/C24H24N2O/c1-17-9-12-21(13-10-17)27-16-24-25-22-6-4-5-7-23(22)26(24)15-20-14-18(2)8-11-19(20)3/h4-14H,15-16H2,1-3H3. The Bertz CT molecular complexity index is 1080. The Hall–Kier alpha value is -3.07. The van der Waals surface area contributed by atoms with Gasteiger partial charge in [0.2, 0.25) is 0 Å². The number of imidazole rings is 1. The van der Waals surface area contributed by atoms with E-state index in [2.05, 4.69) is 73.9 Å². The van der Waals surface area contributed by atoms with Crippen LogP contribution in [0.3, 0.4) is 0 Å². The molecule has 0 amide bonds. The van der Waals surface area contributed by atoms with Gasteiger partial charge in [-0.3, -0.25) is 0 Å². The van der Waals surface area contributed by atoms with E-state index < -0.39 is 0 Å². The molecule has 4 rings (SSSR count). The lowest BCUT2D eigenvalue weighted by Gasteiger charge is -2.13. The highest BCUT2D eigenvalue weighted by atomic mass is 16.5. The molecule has 1 heterocycles. The Morgan fingerprint density at radius 1 is 0.852 bits per heavy atom. The molecule has 0 aliphatic rings. The maximum absolute atomic E-state index is 6.03. The molecule has 136 valence electrons. The molecule has 3 aromatic carbocycles. The predicted molar refractivity (Wildman–Crippen MR) is 110 cm³/mol. The molecular formula is C24H24N2O. The highest BCUT2D eigenvalue weighted by molar-refractivity contribution is 5.76. The summed E-state index contributed by atoms with van der Waals surface area (Å²) in [5, 5.41) is 0. The van der Waals surface area contributed by atoms with E-state index in [1.807, 2.05) is 18.2 Å². The third kappa shape index (κ3) is 3.72. The van der Waals surface area contributed by atoms with Gasteiger partial charge in [0.05, 0.1) is 11.0 Å². The first-order valence-electron chi connectivity index (χ1n) is 9.30. The van der Waals surface area contributed by atoms with Gasteiger partial charge in [0, 0.05) is 6.54 Å². The van der Waals surface area contributed by atoms with Gasteiger partial charge in [0.15, 0.2) is 0 Å². The molecule has 0 radical (unpaired) electrons. The Morgan fingerprint density at radius 3 is 2.41 bits per heavy atom. The highest BCUT2D eigenvalue weighted by Crippen LogP contribution is 2.22. The van der Waals surface area contributed by atoms with Crippen LogP contribution in [0.15, 0.2) is 66.7 Å². The lowest BCUT2D eigenvalue weighted by Crippen LogP contribution is -2.09. The highest BCUT2D eigenvalue weighted by Gasteiger charge is 2.12. The van der Waals surface area contributed by atoms with Gasteiger partial charge in [-0.2, -0.15) is 0 Å². The maximum Gasteiger partial charge on any atom is 0.148 e. The van der Waals surface area contributed by atoms with Gasteiger partial charge in [-0.1, -0.05) is 53.6 Å². The number of fused-ring (bicyclic) bond motifs is 1. The van der Waals surface area contributed by atoms with Crippen LogP contribution < -0.4 is 4.74 Å². The molecule has 0 spiro atoms. The van der Waals surface area contributed by atoms with Crippen molar-refractivity contribution in [1.82, 2.24) is 9.55 Å². The molecule has 3 heteroatoms. The smallest absolute Gasteiger partial charge is 0.148 e. The third-order valence-corrected chi connectivity index (χ3v) is 4.96. The molecule has 1 aromatic heterocycles. The molecule has 0 saturated heterocycles. The number of rotatable bonds is 5. The second-order valence-electron chi connectivity index (χ2n) is 7.13. The number of hydrogen-bond donors (Lipinski definition) is 0. The second-order valence-corrected chi connectivity index (χ2v) is 7.13. The van der Waals surface area contributed by atoms with E-state index in [-0.39, 0.29) is 0 Å². The van der Waals surface area contributed by atoms with Crippen molar-refractivity contribution in [3.8, 4) is 5.75 Å². The second kappa shape index (κ2) is 7.28. The zero-order valence-electron chi connectivity index (χ0n) is 16.1. The third-order valence-electron chi connectivity index (χ3n) is 4.96. The summed E-state index contributed by atoms with van der Waals surface area (Å²) in [6.07, 6.45) is 0. The minimum Gasteiger partial charge on any atom is -0.486 e. The van der Waals surface area contributed by atoms with Gasteiger partial charge in [-0.25, -0.2) is 4.98 Å². The zero-order valence-corrected chi connectivity index (χ0v) is 16.1. The fourth-order valence-electron chi connectivity index (χ4n) is 3.34. The molecule has 0 bridgehead atoms. The van der Waals surface area contributed by atoms with Crippen LogP contribution in [0.4, 0.5) is 0 Å². The minimum absolute atomic E-state index is 0.447. The molecule has 0 unspecified atom stereocenters. The number of aryl methyl sites for hydroxylation is 3. The maximum atomic E-state index is 6.03. The SMILES string of the molecule is Cc1ccc(OCc2nc3ccccc3n2Cc2cc(C)ccc2C)cc1. The first-order chi connectivity index (χ1) is 13.1. The Kier molecular flexibility index (Phi) is 4.68. The van der Waals surface area contributed by atoms with E-state index in [4.69, 9.17) is 9.72 Å². The van der Waals surface area contributed by atoms with E-state index in [0.717, 1.165) is 29.2 Å². The van der Waals surface area contributed by atoms with E-state index in [1.165, 1.54) is 22.3 Å². The summed E-state index contributed by atoms with van der Waals surface area (Å²) in [4.78, 5) is 4.83. The summed E-state index contributed by atoms with van der Waals surface area (Å²) < 4.78 is 8.29. The van der Waals surface area contributed by atoms with Gasteiger partial charge in [-0.05, 0) is 56.2 Å². The van der Waals surface area contributed by atoms with Crippen LogP contribution in [0, 0.1) is 20.8 Å². The van der Waals surface area contributed by atoms with Crippen LogP contribution in [-0.2, 0) is 13.2 Å². The average molecular weight is 356 g/mol. The van der Waals surface area contributed by atoms with Crippen LogP contribution in [0.25, 0.3) is 11.0 Å². The monoisotopic (exact) mass is 356 g/mol. The number of aromatic nitrogens is 2. The van der Waals surface area contributed by atoms with Crippen LogP contribution in [-0.4, -0.2) is 9.55 Å². The topological polar surface area (TPSA) is 27.1 Å². The van der Waals surface area contributed by atoms with Crippen molar-refractivity contribution in [3.63, 3.8) is 0 Å². The van der Waals surface area contributed by atoms with Crippen molar-refractivity contribution in [2.24, 2.45) is 0 Å². The molecule has 0 fully saturated rings. The number of para-hydroxylation sites is 2. The summed E-state index contributed by atoms with van der Waals surface area (Å²) in [5.41, 5.74) is 7.26. The molecule has 0 aliphatic heterocycles. The summed E-state index contributed by atoms with van der Waals surface area (Å²) in [6.45, 7) is 7.61. The molecule has 3 nitrogen and oxygen atoms in total. The van der Waals surface area contributed by atoms with Crippen LogP contribution in [0.5, 0.6) is 5.75 Å². The molecule has 0 N–H and O–H groups in total. The van der Waals surface area contributed by atoms with Crippen LogP contribution in [0.1, 0.15) is 28.1 Å². The fourth-order valence-corrected chi connectivity index (χ4v) is 3.34. The summed E-state index contributed by atoms with van der Waals surface area (Å²) >= 11 is 0. The number of nitrogens with zero attached hydrogens (tertiary/aromatic N) is 2. The summed E-state index contributed by atoms with van der Waals surface area (Å²) in [7, 11) is 0. The van der Waals surface area contributed by atoms with Crippen molar-refractivity contribution in [1.29, 1.82) is 0 Å². The summed E-state index contributed by atoms with van der Waals surface area (Å²) in [5.74, 6) is 1.81. The van der Waals surface area contributed by atoms with Crippen molar-refractivity contribution >= 4 is 11.0 Å². The Balaban J connectivity index is 1.68. The van der Waals surface area contributed by atoms with Gasteiger partial charge < -0.3 is 9.30 Å². The van der Waals surface area contributed by atoms with Gasteiger partial charge in [-0.15, -0.1) is 0 Å². The fraction of sp³-hybridized carbons (Fsp3) is 0.208. The molecule has 0 aliphatic carbocycles. The lowest BCUT2D eigenvalue weighted by atomic mass is 10.1. The number of hydrogen-bond acceptors (Lipinski definition) is 2. The first-order valence-corrected chi connectivity index (χ1v) is 9.30. The van der Waals surface area contributed by atoms with E-state index in [9.17, 15) is 0 Å². The molecule has 4 aromatic rings. The number of benzene rings is 3. The van der Waals surface area contributed by atoms with Crippen molar-refractivity contribution in [2.45, 2.75) is 33.9 Å². The van der Waals surface area contributed by atoms with Crippen molar-refractivity contribution < 1.29 is 4.74 Å². The largest absolute Gasteiger partial charge is 0.486 e. The molecular weight excluding hydrogens is 332 g/mol. The molecule has 0 atom stereocenters. The van der Waals surface area contributed by atoms with Crippen molar-refractivity contribution in [3.05, 3.63) is 94.8 Å². The van der Waals surface area contributed by atoms with Gasteiger partial charge in [0.1, 0.15) is 18.2 Å². The van der Waals surface area contributed by atoms with Crippen LogP contribution in [0.2, 0.25) is 0 Å². The van der Waals surface area contributed by atoms with Crippen molar-refractivity contribution in [2.75, 3.05) is 0 Å². The molecule has 0 saturated carbocycles. The normalized spacial score (nSPS) is 11.1. The quantitative estimate of drug-likeness (QED) is 0.466. The Morgan fingerprint density at radius 2 is 1.59 bits per heavy atom. The number of ether oxygens (including phenoxy) is 1. The first kappa shape index (κ1) is 17.3. The van der Waals surface area contributed by atoms with Gasteiger partial charge in [0.25, 0.3) is 0 Å².